The van der Waals surface area contributed by atoms with E-state index in [1.165, 1.54) is 25.9 Å². The van der Waals surface area contributed by atoms with Crippen LogP contribution in [0.15, 0.2) is 11.5 Å². The highest BCUT2D eigenvalue weighted by Gasteiger charge is 2.09. The Bertz CT molecular complexity index is 139. The van der Waals surface area contributed by atoms with Gasteiger partial charge in [-0.3, -0.25) is 0 Å². The third kappa shape index (κ3) is 4.14. The van der Waals surface area contributed by atoms with Crippen LogP contribution >= 0.6 is 11.9 Å². The molecule has 0 aromatic heterocycles. The van der Waals surface area contributed by atoms with Gasteiger partial charge in [-0.05, 0) is 32.3 Å². The summed E-state index contributed by atoms with van der Waals surface area (Å²) in [6, 6.07) is 0. The maximum Gasteiger partial charge on any atom is 0.0165 e. The Hall–Kier alpha value is 0.01000. The van der Waals surface area contributed by atoms with E-state index in [9.17, 15) is 0 Å². The molecule has 1 saturated heterocycles. The Morgan fingerprint density at radius 2 is 2.00 bits per heavy atom. The normalized spacial score (nSPS) is 19.9. The minimum Gasteiger partial charge on any atom is -0.306 e. The van der Waals surface area contributed by atoms with Gasteiger partial charge >= 0.3 is 0 Å². The zero-order chi connectivity index (χ0) is 8.81. The number of rotatable bonds is 4. The molecule has 1 aliphatic heterocycles. The zero-order valence-corrected chi connectivity index (χ0v) is 8.81. The molecule has 1 rings (SSSR count). The van der Waals surface area contributed by atoms with Crippen molar-refractivity contribution in [2.24, 2.45) is 0 Å². The second kappa shape index (κ2) is 5.62. The number of likely N-dealkylation sites (N-methyl/N-ethyl adjacent to an activating group) is 1. The summed E-state index contributed by atoms with van der Waals surface area (Å²) in [5.41, 5.74) is 0. The van der Waals surface area contributed by atoms with Crippen LogP contribution in [0.25, 0.3) is 0 Å². The van der Waals surface area contributed by atoms with Crippen molar-refractivity contribution >= 4 is 11.9 Å². The molecule has 12 heavy (non-hydrogen) atoms. The Balaban J connectivity index is 2.03. The van der Waals surface area contributed by atoms with Crippen molar-refractivity contribution < 1.29 is 0 Å². The SMILES string of the molecule is CN(C)C/C=C/SN1CCCC1. The summed E-state index contributed by atoms with van der Waals surface area (Å²) in [6.45, 7) is 3.56. The van der Waals surface area contributed by atoms with E-state index in [0.717, 1.165) is 6.54 Å². The van der Waals surface area contributed by atoms with Gasteiger partial charge in [0.25, 0.3) is 0 Å². The number of hydrogen-bond donors (Lipinski definition) is 0. The molecule has 0 aromatic rings. The fourth-order valence-corrected chi connectivity index (χ4v) is 1.99. The molecule has 0 saturated carbocycles. The van der Waals surface area contributed by atoms with Crippen molar-refractivity contribution in [3.8, 4) is 0 Å². The lowest BCUT2D eigenvalue weighted by Gasteiger charge is -2.09. The van der Waals surface area contributed by atoms with Crippen molar-refractivity contribution in [1.82, 2.24) is 9.21 Å². The van der Waals surface area contributed by atoms with Gasteiger partial charge in [-0.2, -0.15) is 0 Å². The molecule has 0 aliphatic carbocycles. The van der Waals surface area contributed by atoms with Crippen molar-refractivity contribution in [1.29, 1.82) is 0 Å². The first-order valence-corrected chi connectivity index (χ1v) is 5.34. The van der Waals surface area contributed by atoms with Crippen LogP contribution in [0.3, 0.4) is 0 Å². The van der Waals surface area contributed by atoms with Crippen LogP contribution in [0.5, 0.6) is 0 Å². The quantitative estimate of drug-likeness (QED) is 0.618. The smallest absolute Gasteiger partial charge is 0.0165 e. The van der Waals surface area contributed by atoms with Crippen LogP contribution in [0.2, 0.25) is 0 Å². The first-order valence-electron chi connectivity index (χ1n) is 4.50. The Kier molecular flexibility index (Phi) is 4.73. The lowest BCUT2D eigenvalue weighted by atomic mass is 10.4. The predicted octanol–water partition coefficient (Wildman–Crippen LogP) is 1.81. The molecule has 0 amide bonds. The lowest BCUT2D eigenvalue weighted by Crippen LogP contribution is -2.11. The fourth-order valence-electron chi connectivity index (χ4n) is 1.18. The summed E-state index contributed by atoms with van der Waals surface area (Å²) in [4.78, 5) is 2.17. The molecule has 70 valence electrons. The molecule has 3 heteroatoms. The highest BCUT2D eigenvalue weighted by Crippen LogP contribution is 2.18. The summed E-state index contributed by atoms with van der Waals surface area (Å²) in [7, 11) is 4.18. The molecule has 0 spiro atoms. The summed E-state index contributed by atoms with van der Waals surface area (Å²) < 4.78 is 2.42. The zero-order valence-electron chi connectivity index (χ0n) is 7.99. The molecule has 2 nitrogen and oxygen atoms in total. The predicted molar refractivity (Wildman–Crippen MR) is 56.1 cm³/mol. The third-order valence-electron chi connectivity index (χ3n) is 1.84. The summed E-state index contributed by atoms with van der Waals surface area (Å²) in [5, 5.41) is 2.20. The highest BCUT2D eigenvalue weighted by atomic mass is 32.2. The first-order chi connectivity index (χ1) is 5.79. The van der Waals surface area contributed by atoms with Crippen LogP contribution < -0.4 is 0 Å². The molecule has 0 radical (unpaired) electrons. The molecule has 1 aliphatic rings. The van der Waals surface area contributed by atoms with Gasteiger partial charge in [0.1, 0.15) is 0 Å². The third-order valence-corrected chi connectivity index (χ3v) is 2.82. The van der Waals surface area contributed by atoms with E-state index in [1.807, 2.05) is 11.9 Å². The maximum absolute atomic E-state index is 2.42. The van der Waals surface area contributed by atoms with E-state index >= 15 is 0 Å². The molecular weight excluding hydrogens is 168 g/mol. The minimum absolute atomic E-state index is 1.04. The van der Waals surface area contributed by atoms with E-state index < -0.39 is 0 Å². The van der Waals surface area contributed by atoms with Crippen molar-refractivity contribution in [3.63, 3.8) is 0 Å². The second-order valence-corrected chi connectivity index (χ2v) is 4.37. The van der Waals surface area contributed by atoms with Crippen LogP contribution in [0.4, 0.5) is 0 Å². The minimum atomic E-state index is 1.04. The Morgan fingerprint density at radius 1 is 1.33 bits per heavy atom. The van der Waals surface area contributed by atoms with E-state index in [2.05, 4.69) is 34.8 Å². The Labute approximate surface area is 79.7 Å². The van der Waals surface area contributed by atoms with Gasteiger partial charge in [-0.1, -0.05) is 18.0 Å². The molecule has 0 N–H and O–H groups in total. The monoisotopic (exact) mass is 186 g/mol. The average Bonchev–Trinajstić information content (AvgIpc) is 2.49. The van der Waals surface area contributed by atoms with Gasteiger partial charge in [0, 0.05) is 19.6 Å². The van der Waals surface area contributed by atoms with E-state index in [4.69, 9.17) is 0 Å². The van der Waals surface area contributed by atoms with Gasteiger partial charge < -0.3 is 4.90 Å². The molecule has 0 atom stereocenters. The average molecular weight is 186 g/mol. The maximum atomic E-state index is 2.42. The summed E-state index contributed by atoms with van der Waals surface area (Å²) in [6.07, 6.45) is 4.95. The summed E-state index contributed by atoms with van der Waals surface area (Å²) in [5.74, 6) is 0. The van der Waals surface area contributed by atoms with E-state index in [1.54, 1.807) is 0 Å². The van der Waals surface area contributed by atoms with Crippen molar-refractivity contribution in [2.45, 2.75) is 12.8 Å². The van der Waals surface area contributed by atoms with E-state index in [0.29, 0.717) is 0 Å². The van der Waals surface area contributed by atoms with Crippen LogP contribution in [0.1, 0.15) is 12.8 Å². The molecular formula is C9H18N2S. The standard InChI is InChI=1S/C9H18N2S/c1-10(2)6-5-9-12-11-7-3-4-8-11/h5,9H,3-4,6-8H2,1-2H3/b9-5+. The molecule has 1 heterocycles. The molecule has 1 fully saturated rings. The van der Waals surface area contributed by atoms with E-state index in [-0.39, 0.29) is 0 Å². The fraction of sp³-hybridized carbons (Fsp3) is 0.778. The topological polar surface area (TPSA) is 6.48 Å². The van der Waals surface area contributed by atoms with Gasteiger partial charge in [0.15, 0.2) is 0 Å². The van der Waals surface area contributed by atoms with Crippen molar-refractivity contribution in [2.75, 3.05) is 33.7 Å². The number of nitrogens with zero attached hydrogens (tertiary/aromatic N) is 2. The van der Waals surface area contributed by atoms with Crippen molar-refractivity contribution in [3.05, 3.63) is 11.5 Å². The second-order valence-electron chi connectivity index (χ2n) is 3.38. The molecule has 0 bridgehead atoms. The lowest BCUT2D eigenvalue weighted by molar-refractivity contribution is 0.456. The van der Waals surface area contributed by atoms with Gasteiger partial charge in [0.05, 0.1) is 0 Å². The summed E-state index contributed by atoms with van der Waals surface area (Å²) >= 11 is 1.85. The molecule has 0 unspecified atom stereocenters. The van der Waals surface area contributed by atoms with Crippen LogP contribution in [-0.2, 0) is 0 Å². The van der Waals surface area contributed by atoms with Gasteiger partial charge in [-0.15, -0.1) is 0 Å². The van der Waals surface area contributed by atoms with Crippen LogP contribution in [-0.4, -0.2) is 42.9 Å². The van der Waals surface area contributed by atoms with Crippen LogP contribution in [0, 0.1) is 0 Å². The largest absolute Gasteiger partial charge is 0.306 e. The first kappa shape index (κ1) is 10.1. The van der Waals surface area contributed by atoms with Gasteiger partial charge in [0.2, 0.25) is 0 Å². The van der Waals surface area contributed by atoms with Gasteiger partial charge in [-0.25, -0.2) is 4.31 Å². The highest BCUT2D eigenvalue weighted by molar-refractivity contribution is 7.99. The molecule has 0 aromatic carbocycles. The number of hydrogen-bond acceptors (Lipinski definition) is 3. The Morgan fingerprint density at radius 3 is 2.58 bits per heavy atom.